The fraction of sp³-hybridized carbons (Fsp3) is 0.250. The summed E-state index contributed by atoms with van der Waals surface area (Å²) in [6.45, 7) is 2.16. The van der Waals surface area contributed by atoms with Crippen molar-refractivity contribution in [3.8, 4) is 0 Å². The Kier molecular flexibility index (Phi) is 5.52. The molecular weight excluding hydrogens is 396 g/mol. The van der Waals surface area contributed by atoms with Crippen LogP contribution in [0.3, 0.4) is 0 Å². The Bertz CT molecular complexity index is 851. The van der Waals surface area contributed by atoms with Crippen LogP contribution < -0.4 is 5.32 Å². The molecule has 0 aliphatic carbocycles. The van der Waals surface area contributed by atoms with E-state index in [0.29, 0.717) is 17.5 Å². The lowest BCUT2D eigenvalue weighted by atomic mass is 10.1. The summed E-state index contributed by atoms with van der Waals surface area (Å²) in [6.07, 6.45) is 0.689. The summed E-state index contributed by atoms with van der Waals surface area (Å²) in [4.78, 5) is 38.1. The number of hydrogen-bond donors (Lipinski definition) is 1. The zero-order chi connectivity index (χ0) is 18.7. The van der Waals surface area contributed by atoms with Gasteiger partial charge in [0.25, 0.3) is 11.8 Å². The molecule has 0 aromatic heterocycles. The number of benzene rings is 2. The number of halogens is 1. The average Bonchev–Trinajstić information content (AvgIpc) is 2.86. The molecule has 0 saturated heterocycles. The summed E-state index contributed by atoms with van der Waals surface area (Å²) in [7, 11) is 0. The molecule has 0 bridgehead atoms. The molecule has 5 nitrogen and oxygen atoms in total. The highest BCUT2D eigenvalue weighted by Crippen LogP contribution is 2.26. The summed E-state index contributed by atoms with van der Waals surface area (Å²) in [6, 6.07) is 14.7. The van der Waals surface area contributed by atoms with Crippen molar-refractivity contribution in [1.29, 1.82) is 0 Å². The summed E-state index contributed by atoms with van der Waals surface area (Å²) in [5, 5.41) is 2.94. The molecule has 134 valence electrons. The molecule has 0 spiro atoms. The highest BCUT2D eigenvalue weighted by Gasteiger charge is 2.35. The van der Waals surface area contributed by atoms with Gasteiger partial charge in [0.05, 0.1) is 17.2 Å². The highest BCUT2D eigenvalue weighted by molar-refractivity contribution is 9.10. The fourth-order valence-corrected chi connectivity index (χ4v) is 3.36. The first-order chi connectivity index (χ1) is 12.5. The molecule has 2 aromatic carbocycles. The van der Waals surface area contributed by atoms with Gasteiger partial charge in [-0.1, -0.05) is 46.3 Å². The molecule has 2 aromatic rings. The quantitative estimate of drug-likeness (QED) is 0.732. The van der Waals surface area contributed by atoms with E-state index in [9.17, 15) is 14.4 Å². The van der Waals surface area contributed by atoms with Gasteiger partial charge in [0.1, 0.15) is 0 Å². The Morgan fingerprint density at radius 2 is 1.77 bits per heavy atom. The lowest BCUT2D eigenvalue weighted by molar-refractivity contribution is -0.121. The first-order valence-corrected chi connectivity index (χ1v) is 9.26. The van der Waals surface area contributed by atoms with Crippen molar-refractivity contribution in [2.24, 2.45) is 0 Å². The van der Waals surface area contributed by atoms with Gasteiger partial charge < -0.3 is 5.32 Å². The summed E-state index contributed by atoms with van der Waals surface area (Å²) in [5.74, 6) is -0.694. The third kappa shape index (κ3) is 3.85. The zero-order valence-electron chi connectivity index (χ0n) is 14.4. The normalized spacial score (nSPS) is 14.3. The molecule has 26 heavy (non-hydrogen) atoms. The smallest absolute Gasteiger partial charge is 0.261 e. The zero-order valence-corrected chi connectivity index (χ0v) is 16.0. The van der Waals surface area contributed by atoms with E-state index < -0.39 is 0 Å². The van der Waals surface area contributed by atoms with Gasteiger partial charge in [0.15, 0.2) is 0 Å². The van der Waals surface area contributed by atoms with Crippen LogP contribution in [0, 0.1) is 0 Å². The van der Waals surface area contributed by atoms with E-state index in [2.05, 4.69) is 21.2 Å². The molecule has 1 heterocycles. The number of nitrogens with one attached hydrogen (secondary N) is 1. The topological polar surface area (TPSA) is 66.5 Å². The van der Waals surface area contributed by atoms with Gasteiger partial charge >= 0.3 is 0 Å². The third-order valence-corrected chi connectivity index (χ3v) is 4.89. The van der Waals surface area contributed by atoms with E-state index in [4.69, 9.17) is 0 Å². The van der Waals surface area contributed by atoms with Crippen molar-refractivity contribution < 1.29 is 14.4 Å². The minimum atomic E-state index is -0.302. The maximum absolute atomic E-state index is 12.4. The Balaban J connectivity index is 1.52. The van der Waals surface area contributed by atoms with Crippen LogP contribution in [0.15, 0.2) is 53.0 Å². The van der Waals surface area contributed by atoms with E-state index in [1.165, 1.54) is 4.90 Å². The fourth-order valence-electron chi connectivity index (χ4n) is 3.00. The molecule has 1 N–H and O–H groups in total. The SMILES string of the molecule is CC(NC(=O)CCCN1C(=O)c2ccc(Br)cc2C1=O)c1ccccc1. The number of fused-ring (bicyclic) bond motifs is 1. The van der Waals surface area contributed by atoms with Gasteiger partial charge in [-0.15, -0.1) is 0 Å². The van der Waals surface area contributed by atoms with E-state index in [1.54, 1.807) is 18.2 Å². The standard InChI is InChI=1S/C20H19BrN2O3/c1-13(14-6-3-2-4-7-14)22-18(24)8-5-11-23-19(25)16-10-9-15(21)12-17(16)20(23)26/h2-4,6-7,9-10,12-13H,5,8,11H2,1H3,(H,22,24). The van der Waals surface area contributed by atoms with Crippen LogP contribution >= 0.6 is 15.9 Å². The molecule has 0 fully saturated rings. The molecule has 3 rings (SSSR count). The van der Waals surface area contributed by atoms with Gasteiger partial charge in [-0.05, 0) is 37.1 Å². The summed E-state index contributed by atoms with van der Waals surface area (Å²) < 4.78 is 0.758. The van der Waals surface area contributed by atoms with Crippen molar-refractivity contribution in [2.75, 3.05) is 6.54 Å². The number of nitrogens with zero attached hydrogens (tertiary/aromatic N) is 1. The summed E-state index contributed by atoms with van der Waals surface area (Å²) in [5.41, 5.74) is 1.86. The Morgan fingerprint density at radius 3 is 2.50 bits per heavy atom. The van der Waals surface area contributed by atoms with E-state index in [1.807, 2.05) is 37.3 Å². The van der Waals surface area contributed by atoms with Crippen LogP contribution in [0.1, 0.15) is 52.1 Å². The molecule has 0 radical (unpaired) electrons. The van der Waals surface area contributed by atoms with E-state index >= 15 is 0 Å². The predicted molar refractivity (Wildman–Crippen MR) is 102 cm³/mol. The largest absolute Gasteiger partial charge is 0.350 e. The maximum Gasteiger partial charge on any atom is 0.261 e. The lowest BCUT2D eigenvalue weighted by Gasteiger charge is -2.16. The third-order valence-electron chi connectivity index (χ3n) is 4.40. The Labute approximate surface area is 160 Å². The van der Waals surface area contributed by atoms with Crippen LogP contribution in [0.4, 0.5) is 0 Å². The van der Waals surface area contributed by atoms with Crippen molar-refractivity contribution in [3.63, 3.8) is 0 Å². The second kappa shape index (κ2) is 7.83. The molecule has 3 amide bonds. The first-order valence-electron chi connectivity index (χ1n) is 8.47. The second-order valence-electron chi connectivity index (χ2n) is 6.26. The van der Waals surface area contributed by atoms with Gasteiger partial charge in [-0.2, -0.15) is 0 Å². The van der Waals surface area contributed by atoms with Crippen LogP contribution in [0.5, 0.6) is 0 Å². The van der Waals surface area contributed by atoms with Crippen molar-refractivity contribution >= 4 is 33.7 Å². The number of carbonyl (C=O) groups is 3. The molecule has 6 heteroatoms. The van der Waals surface area contributed by atoms with Crippen molar-refractivity contribution in [2.45, 2.75) is 25.8 Å². The number of hydrogen-bond acceptors (Lipinski definition) is 3. The number of rotatable bonds is 6. The van der Waals surface area contributed by atoms with Crippen LogP contribution in [0.25, 0.3) is 0 Å². The van der Waals surface area contributed by atoms with Gasteiger partial charge in [-0.3, -0.25) is 19.3 Å². The second-order valence-corrected chi connectivity index (χ2v) is 7.17. The van der Waals surface area contributed by atoms with Crippen LogP contribution in [-0.4, -0.2) is 29.2 Å². The predicted octanol–water partition coefficient (Wildman–Crippen LogP) is 3.70. The number of amides is 3. The van der Waals surface area contributed by atoms with Crippen LogP contribution in [0.2, 0.25) is 0 Å². The van der Waals surface area contributed by atoms with Crippen LogP contribution in [-0.2, 0) is 4.79 Å². The van der Waals surface area contributed by atoms with Gasteiger partial charge in [0.2, 0.25) is 5.91 Å². The lowest BCUT2D eigenvalue weighted by Crippen LogP contribution is -2.32. The molecular formula is C20H19BrN2O3. The monoisotopic (exact) mass is 414 g/mol. The Morgan fingerprint density at radius 1 is 1.08 bits per heavy atom. The maximum atomic E-state index is 12.4. The first kappa shape index (κ1) is 18.3. The highest BCUT2D eigenvalue weighted by atomic mass is 79.9. The van der Waals surface area contributed by atoms with Gasteiger partial charge in [0, 0.05) is 17.4 Å². The number of imide groups is 1. The molecule has 1 atom stereocenters. The molecule has 1 aliphatic heterocycles. The summed E-state index contributed by atoms with van der Waals surface area (Å²) >= 11 is 3.31. The van der Waals surface area contributed by atoms with E-state index in [0.717, 1.165) is 10.0 Å². The minimum absolute atomic E-state index is 0.0830. The van der Waals surface area contributed by atoms with Gasteiger partial charge in [-0.25, -0.2) is 0 Å². The average molecular weight is 415 g/mol. The number of carbonyl (C=O) groups excluding carboxylic acids is 3. The minimum Gasteiger partial charge on any atom is -0.350 e. The Hall–Kier alpha value is -2.47. The van der Waals surface area contributed by atoms with Crippen molar-refractivity contribution in [1.82, 2.24) is 10.2 Å². The molecule has 0 saturated carbocycles. The van der Waals surface area contributed by atoms with E-state index in [-0.39, 0.29) is 36.7 Å². The molecule has 1 unspecified atom stereocenters. The molecule has 1 aliphatic rings. The van der Waals surface area contributed by atoms with Crippen molar-refractivity contribution in [3.05, 3.63) is 69.7 Å².